The van der Waals surface area contributed by atoms with E-state index < -0.39 is 6.04 Å². The van der Waals surface area contributed by atoms with Crippen LogP contribution in [0.15, 0.2) is 72.8 Å². The van der Waals surface area contributed by atoms with Gasteiger partial charge in [0, 0.05) is 28.7 Å². The Morgan fingerprint density at radius 1 is 1.03 bits per heavy atom. The molecule has 4 nitrogen and oxygen atoms in total. The van der Waals surface area contributed by atoms with Crippen molar-refractivity contribution in [3.63, 3.8) is 0 Å². The fourth-order valence-electron chi connectivity index (χ4n) is 4.23. The number of anilines is 1. The average molecular weight is 420 g/mol. The van der Waals surface area contributed by atoms with Gasteiger partial charge in [0.25, 0.3) is 0 Å². The van der Waals surface area contributed by atoms with Crippen LogP contribution in [0.25, 0.3) is 10.9 Å². The van der Waals surface area contributed by atoms with Crippen LogP contribution in [-0.4, -0.2) is 22.5 Å². The first kappa shape index (κ1) is 18.7. The number of nitrogens with zero attached hydrogens (tertiary/aromatic N) is 1. The topological polar surface area (TPSA) is 48.1 Å². The molecule has 6 heteroatoms. The van der Waals surface area contributed by atoms with Gasteiger partial charge >= 0.3 is 6.03 Å². The van der Waals surface area contributed by atoms with Gasteiger partial charge in [-0.05, 0) is 36.2 Å². The second-order valence-corrected chi connectivity index (χ2v) is 7.75. The third kappa shape index (κ3) is 3.12. The van der Waals surface area contributed by atoms with E-state index in [1.54, 1.807) is 41.3 Å². The Labute approximate surface area is 178 Å². The van der Waals surface area contributed by atoms with E-state index in [0.29, 0.717) is 29.2 Å². The lowest BCUT2D eigenvalue weighted by Crippen LogP contribution is -2.43. The van der Waals surface area contributed by atoms with Crippen molar-refractivity contribution in [1.82, 2.24) is 9.88 Å². The quantitative estimate of drug-likeness (QED) is 0.402. The Morgan fingerprint density at radius 2 is 1.77 bits per heavy atom. The summed E-state index contributed by atoms with van der Waals surface area (Å²) < 4.78 is 14.9. The smallest absolute Gasteiger partial charge is 0.322 e. The molecule has 2 amide bonds. The number of benzene rings is 3. The highest BCUT2D eigenvalue weighted by Crippen LogP contribution is 2.39. The second-order valence-electron chi connectivity index (χ2n) is 7.34. The second kappa shape index (κ2) is 7.50. The van der Waals surface area contributed by atoms with Gasteiger partial charge in [0.2, 0.25) is 0 Å². The maximum Gasteiger partial charge on any atom is 0.322 e. The molecule has 0 unspecified atom stereocenters. The lowest BCUT2D eigenvalue weighted by Gasteiger charge is -2.36. The van der Waals surface area contributed by atoms with E-state index in [4.69, 9.17) is 11.6 Å². The number of amides is 2. The van der Waals surface area contributed by atoms with E-state index in [9.17, 15) is 9.18 Å². The first-order valence-electron chi connectivity index (χ1n) is 9.79. The molecule has 0 aliphatic carbocycles. The highest BCUT2D eigenvalue weighted by molar-refractivity contribution is 6.33. The van der Waals surface area contributed by atoms with Crippen LogP contribution < -0.4 is 5.32 Å². The lowest BCUT2D eigenvalue weighted by atomic mass is 9.92. The number of hydrogen-bond acceptors (Lipinski definition) is 1. The fourth-order valence-corrected chi connectivity index (χ4v) is 4.41. The van der Waals surface area contributed by atoms with Crippen LogP contribution in [0.5, 0.6) is 0 Å². The minimum atomic E-state index is -0.565. The predicted octanol–water partition coefficient (Wildman–Crippen LogP) is 6.14. The van der Waals surface area contributed by atoms with E-state index in [0.717, 1.165) is 22.2 Å². The molecule has 150 valence electrons. The molecule has 2 N–H and O–H groups in total. The Bertz CT molecular complexity index is 1250. The number of carbonyl (C=O) groups excluding carboxylic acids is 1. The number of hydrogen-bond donors (Lipinski definition) is 2. The van der Waals surface area contributed by atoms with Crippen molar-refractivity contribution in [2.24, 2.45) is 0 Å². The van der Waals surface area contributed by atoms with Gasteiger partial charge in [0.15, 0.2) is 0 Å². The SMILES string of the molecule is O=C(Nc1ccccc1Cl)N1CCc2c([nH]c3ccccc23)[C@H]1c1ccccc1F. The number of urea groups is 1. The predicted molar refractivity (Wildman–Crippen MR) is 117 cm³/mol. The van der Waals surface area contributed by atoms with Crippen LogP contribution in [-0.2, 0) is 6.42 Å². The first-order chi connectivity index (χ1) is 14.6. The van der Waals surface area contributed by atoms with Crippen LogP contribution in [0.2, 0.25) is 5.02 Å². The number of aromatic amines is 1. The summed E-state index contributed by atoms with van der Waals surface area (Å²) in [6, 6.07) is 20.8. The standard InChI is InChI=1S/C24H19ClFN3O/c25-18-9-3-6-12-21(18)28-24(30)29-14-13-16-15-7-2-5-11-20(15)27-22(16)23(29)17-8-1-4-10-19(17)26/h1-12,23,27H,13-14H2,(H,28,30)/t23-/m1/s1. The Hall–Kier alpha value is -3.31. The maximum atomic E-state index is 14.9. The van der Waals surface area contributed by atoms with Crippen molar-refractivity contribution < 1.29 is 9.18 Å². The number of halogens is 2. The molecule has 4 aromatic rings. The largest absolute Gasteiger partial charge is 0.356 e. The first-order valence-corrected chi connectivity index (χ1v) is 10.2. The van der Waals surface area contributed by atoms with Gasteiger partial charge in [0.1, 0.15) is 11.9 Å². The van der Waals surface area contributed by atoms with Gasteiger partial charge in [-0.1, -0.05) is 60.1 Å². The Morgan fingerprint density at radius 3 is 2.60 bits per heavy atom. The third-order valence-electron chi connectivity index (χ3n) is 5.61. The molecule has 1 aliphatic heterocycles. The minimum absolute atomic E-state index is 0.319. The molecule has 0 radical (unpaired) electrons. The molecule has 2 heterocycles. The number of nitrogens with one attached hydrogen (secondary N) is 2. The van der Waals surface area contributed by atoms with Crippen molar-refractivity contribution in [1.29, 1.82) is 0 Å². The molecular weight excluding hydrogens is 401 g/mol. The zero-order valence-electron chi connectivity index (χ0n) is 16.0. The van der Waals surface area contributed by atoms with Gasteiger partial charge < -0.3 is 15.2 Å². The monoisotopic (exact) mass is 419 g/mol. The highest BCUT2D eigenvalue weighted by Gasteiger charge is 2.36. The average Bonchev–Trinajstić information content (AvgIpc) is 3.14. The van der Waals surface area contributed by atoms with Gasteiger partial charge in [-0.2, -0.15) is 0 Å². The summed E-state index contributed by atoms with van der Waals surface area (Å²) in [5.74, 6) is -0.343. The van der Waals surface area contributed by atoms with Crippen molar-refractivity contribution in [2.75, 3.05) is 11.9 Å². The summed E-state index contributed by atoms with van der Waals surface area (Å²) in [4.78, 5) is 18.4. The molecule has 0 saturated heterocycles. The normalized spacial score (nSPS) is 15.8. The van der Waals surface area contributed by atoms with E-state index in [-0.39, 0.29) is 11.8 Å². The summed E-state index contributed by atoms with van der Waals surface area (Å²) in [6.07, 6.45) is 0.681. The van der Waals surface area contributed by atoms with Crippen LogP contribution in [0.3, 0.4) is 0 Å². The van der Waals surface area contributed by atoms with Gasteiger partial charge in [-0.25, -0.2) is 9.18 Å². The van der Waals surface area contributed by atoms with Crippen molar-refractivity contribution in [3.05, 3.63) is 100 Å². The summed E-state index contributed by atoms with van der Waals surface area (Å²) in [6.45, 7) is 0.462. The number of para-hydroxylation sites is 2. The Balaban J connectivity index is 1.61. The summed E-state index contributed by atoms with van der Waals surface area (Å²) >= 11 is 6.22. The molecule has 0 spiro atoms. The van der Waals surface area contributed by atoms with Crippen molar-refractivity contribution in [2.45, 2.75) is 12.5 Å². The molecule has 1 aromatic heterocycles. The molecular formula is C24H19ClFN3O. The summed E-state index contributed by atoms with van der Waals surface area (Å²) in [7, 11) is 0. The number of fused-ring (bicyclic) bond motifs is 3. The lowest BCUT2D eigenvalue weighted by molar-refractivity contribution is 0.192. The van der Waals surface area contributed by atoms with Gasteiger partial charge in [0.05, 0.1) is 10.7 Å². The fraction of sp³-hybridized carbons (Fsp3) is 0.125. The summed E-state index contributed by atoms with van der Waals surface area (Å²) in [5, 5.41) is 4.45. The van der Waals surface area contributed by atoms with Gasteiger partial charge in [-0.3, -0.25) is 0 Å². The van der Waals surface area contributed by atoms with E-state index in [1.165, 1.54) is 6.07 Å². The number of aromatic nitrogens is 1. The van der Waals surface area contributed by atoms with Gasteiger partial charge in [-0.15, -0.1) is 0 Å². The maximum absolute atomic E-state index is 14.9. The highest BCUT2D eigenvalue weighted by atomic mass is 35.5. The third-order valence-corrected chi connectivity index (χ3v) is 5.94. The van der Waals surface area contributed by atoms with E-state index >= 15 is 0 Å². The zero-order chi connectivity index (χ0) is 20.7. The minimum Gasteiger partial charge on any atom is -0.356 e. The van der Waals surface area contributed by atoms with E-state index in [2.05, 4.69) is 16.4 Å². The number of H-pyrrole nitrogens is 1. The molecule has 1 aliphatic rings. The van der Waals surface area contributed by atoms with Crippen LogP contribution in [0.4, 0.5) is 14.9 Å². The van der Waals surface area contributed by atoms with Crippen LogP contribution in [0, 0.1) is 5.82 Å². The molecule has 0 bridgehead atoms. The molecule has 0 saturated carbocycles. The molecule has 30 heavy (non-hydrogen) atoms. The zero-order valence-corrected chi connectivity index (χ0v) is 16.8. The van der Waals surface area contributed by atoms with E-state index in [1.807, 2.05) is 24.3 Å². The summed E-state index contributed by atoms with van der Waals surface area (Å²) in [5.41, 5.74) is 3.94. The van der Waals surface area contributed by atoms with Crippen molar-refractivity contribution >= 4 is 34.2 Å². The van der Waals surface area contributed by atoms with Crippen molar-refractivity contribution in [3.8, 4) is 0 Å². The van der Waals surface area contributed by atoms with Crippen LogP contribution in [0.1, 0.15) is 22.9 Å². The van der Waals surface area contributed by atoms with Crippen LogP contribution >= 0.6 is 11.6 Å². The number of rotatable bonds is 2. The molecule has 0 fully saturated rings. The Kier molecular flexibility index (Phi) is 4.68. The molecule has 1 atom stereocenters. The molecule has 5 rings (SSSR count). The number of carbonyl (C=O) groups is 1. The molecule has 3 aromatic carbocycles.